The molecule has 1 aliphatic rings. The van der Waals surface area contributed by atoms with Gasteiger partial charge >= 0.3 is 5.97 Å². The van der Waals surface area contributed by atoms with Crippen LogP contribution in [0.15, 0.2) is 42.3 Å². The van der Waals surface area contributed by atoms with Crippen molar-refractivity contribution in [3.63, 3.8) is 0 Å². The first-order valence-corrected chi connectivity index (χ1v) is 10.5. The Morgan fingerprint density at radius 1 is 1.32 bits per heavy atom. The molecule has 2 heterocycles. The number of nitriles is 1. The molecule has 0 bridgehead atoms. The summed E-state index contributed by atoms with van der Waals surface area (Å²) in [5.74, 6) is -0.462. The SMILES string of the molecule is Cc1nsc(Nc2ccc(C#N)cn2)c1C(=O)NC1=CCC(C(=O)OC(C)(C)C)C=C1. The van der Waals surface area contributed by atoms with Crippen molar-refractivity contribution < 1.29 is 14.3 Å². The molecule has 3 rings (SSSR count). The fourth-order valence-electron chi connectivity index (χ4n) is 2.83. The number of esters is 1. The Labute approximate surface area is 184 Å². The summed E-state index contributed by atoms with van der Waals surface area (Å²) in [4.78, 5) is 29.3. The van der Waals surface area contributed by atoms with Crippen LogP contribution in [0.4, 0.5) is 10.8 Å². The van der Waals surface area contributed by atoms with Crippen molar-refractivity contribution in [3.8, 4) is 6.07 Å². The van der Waals surface area contributed by atoms with Crippen LogP contribution in [0.2, 0.25) is 0 Å². The number of hydrogen-bond donors (Lipinski definition) is 2. The minimum Gasteiger partial charge on any atom is -0.460 e. The Hall–Kier alpha value is -3.51. The molecule has 2 N–H and O–H groups in total. The van der Waals surface area contributed by atoms with Crippen LogP contribution < -0.4 is 10.6 Å². The Balaban J connectivity index is 1.66. The monoisotopic (exact) mass is 437 g/mol. The van der Waals surface area contributed by atoms with Crippen LogP contribution in [-0.2, 0) is 9.53 Å². The van der Waals surface area contributed by atoms with E-state index in [1.165, 1.54) is 6.20 Å². The zero-order chi connectivity index (χ0) is 22.6. The number of aromatic nitrogens is 2. The number of carbonyl (C=O) groups is 2. The van der Waals surface area contributed by atoms with Gasteiger partial charge in [-0.2, -0.15) is 9.64 Å². The van der Waals surface area contributed by atoms with E-state index >= 15 is 0 Å². The lowest BCUT2D eigenvalue weighted by molar-refractivity contribution is -0.158. The lowest BCUT2D eigenvalue weighted by atomic mass is 9.99. The van der Waals surface area contributed by atoms with E-state index in [0.29, 0.717) is 39.8 Å². The summed E-state index contributed by atoms with van der Waals surface area (Å²) < 4.78 is 9.68. The molecule has 0 fully saturated rings. The third kappa shape index (κ3) is 5.77. The van der Waals surface area contributed by atoms with Gasteiger partial charge in [-0.25, -0.2) is 4.98 Å². The van der Waals surface area contributed by atoms with Crippen LogP contribution in [0.1, 0.15) is 48.8 Å². The molecule has 1 unspecified atom stereocenters. The molecule has 0 radical (unpaired) electrons. The van der Waals surface area contributed by atoms with E-state index < -0.39 is 5.60 Å². The Bertz CT molecular complexity index is 1090. The van der Waals surface area contributed by atoms with Gasteiger partial charge in [-0.15, -0.1) is 0 Å². The number of pyridine rings is 1. The highest BCUT2D eigenvalue weighted by Gasteiger charge is 2.25. The van der Waals surface area contributed by atoms with Crippen molar-refractivity contribution >= 4 is 34.2 Å². The topological polar surface area (TPSA) is 117 Å². The van der Waals surface area contributed by atoms with Crippen LogP contribution >= 0.6 is 11.5 Å². The van der Waals surface area contributed by atoms with Gasteiger partial charge in [0.05, 0.1) is 22.7 Å². The summed E-state index contributed by atoms with van der Waals surface area (Å²) in [6.45, 7) is 7.24. The maximum absolute atomic E-state index is 12.9. The average molecular weight is 438 g/mol. The summed E-state index contributed by atoms with van der Waals surface area (Å²) in [7, 11) is 0. The number of nitrogens with one attached hydrogen (secondary N) is 2. The lowest BCUT2D eigenvalue weighted by Gasteiger charge is -2.23. The number of aryl methyl sites for hydroxylation is 1. The van der Waals surface area contributed by atoms with Crippen LogP contribution in [0, 0.1) is 24.2 Å². The van der Waals surface area contributed by atoms with Gasteiger partial charge in [0.1, 0.15) is 22.5 Å². The molecule has 2 aromatic heterocycles. The molecule has 0 aliphatic heterocycles. The fourth-order valence-corrected chi connectivity index (χ4v) is 3.63. The third-order valence-corrected chi connectivity index (χ3v) is 5.15. The van der Waals surface area contributed by atoms with E-state index in [0.717, 1.165) is 11.5 Å². The van der Waals surface area contributed by atoms with E-state index in [-0.39, 0.29) is 17.8 Å². The number of anilines is 2. The number of allylic oxidation sites excluding steroid dienone is 2. The van der Waals surface area contributed by atoms with Crippen LogP contribution in [0.25, 0.3) is 0 Å². The van der Waals surface area contributed by atoms with Gasteiger partial charge in [-0.05, 0) is 63.9 Å². The van der Waals surface area contributed by atoms with Crippen LogP contribution in [0.5, 0.6) is 0 Å². The van der Waals surface area contributed by atoms with Crippen molar-refractivity contribution in [1.29, 1.82) is 5.26 Å². The molecular formula is C22H23N5O3S. The molecule has 1 atom stereocenters. The minimum absolute atomic E-state index is 0.287. The van der Waals surface area contributed by atoms with E-state index in [2.05, 4.69) is 20.0 Å². The highest BCUT2D eigenvalue weighted by Crippen LogP contribution is 2.28. The predicted octanol–water partition coefficient (Wildman–Crippen LogP) is 3.99. The Kier molecular flexibility index (Phi) is 6.51. The highest BCUT2D eigenvalue weighted by atomic mass is 32.1. The smallest absolute Gasteiger partial charge is 0.313 e. The normalized spacial score (nSPS) is 15.6. The van der Waals surface area contributed by atoms with Gasteiger partial charge in [0.25, 0.3) is 5.91 Å². The number of carbonyl (C=O) groups excluding carboxylic acids is 2. The number of hydrogen-bond acceptors (Lipinski definition) is 8. The molecule has 2 aromatic rings. The zero-order valence-electron chi connectivity index (χ0n) is 17.7. The van der Waals surface area contributed by atoms with Crippen molar-refractivity contribution in [1.82, 2.24) is 14.7 Å². The minimum atomic E-state index is -0.542. The second kappa shape index (κ2) is 9.10. The molecule has 160 valence electrons. The molecule has 0 saturated carbocycles. The maximum atomic E-state index is 12.9. The molecule has 0 aromatic carbocycles. The maximum Gasteiger partial charge on any atom is 0.313 e. The third-order valence-electron chi connectivity index (χ3n) is 4.29. The standard InChI is InChI=1S/C22H23N5O3S/c1-13-18(20(31-27-13)26-17-10-5-14(11-23)12-24-17)19(28)25-16-8-6-15(7-9-16)21(29)30-22(2,3)4/h5-6,8-10,12,15H,7H2,1-4H3,(H,24,26)(H,25,28). The summed E-state index contributed by atoms with van der Waals surface area (Å²) >= 11 is 1.16. The van der Waals surface area contributed by atoms with E-state index in [1.54, 1.807) is 37.3 Å². The van der Waals surface area contributed by atoms with Gasteiger partial charge in [0, 0.05) is 11.9 Å². The van der Waals surface area contributed by atoms with Crippen molar-refractivity contribution in [2.24, 2.45) is 5.92 Å². The number of rotatable bonds is 5. The number of amides is 1. The number of nitrogens with zero attached hydrogens (tertiary/aromatic N) is 3. The Morgan fingerprint density at radius 2 is 2.10 bits per heavy atom. The first-order valence-electron chi connectivity index (χ1n) is 9.68. The van der Waals surface area contributed by atoms with Crippen molar-refractivity contribution in [2.75, 3.05) is 5.32 Å². The van der Waals surface area contributed by atoms with Crippen LogP contribution in [0.3, 0.4) is 0 Å². The van der Waals surface area contributed by atoms with E-state index in [1.807, 2.05) is 26.8 Å². The summed E-state index contributed by atoms with van der Waals surface area (Å²) in [5.41, 5.74) is 1.52. The summed E-state index contributed by atoms with van der Waals surface area (Å²) in [6, 6.07) is 5.32. The molecular weight excluding hydrogens is 414 g/mol. The first kappa shape index (κ1) is 22.2. The van der Waals surface area contributed by atoms with E-state index in [9.17, 15) is 9.59 Å². The quantitative estimate of drug-likeness (QED) is 0.679. The second-order valence-corrected chi connectivity index (χ2v) is 8.76. The molecule has 0 spiro atoms. The van der Waals surface area contributed by atoms with Gasteiger partial charge in [0.15, 0.2) is 0 Å². The van der Waals surface area contributed by atoms with Crippen molar-refractivity contribution in [2.45, 2.75) is 39.7 Å². The largest absolute Gasteiger partial charge is 0.460 e. The average Bonchev–Trinajstić information content (AvgIpc) is 3.08. The van der Waals surface area contributed by atoms with E-state index in [4.69, 9.17) is 10.00 Å². The molecule has 1 amide bonds. The van der Waals surface area contributed by atoms with Crippen LogP contribution in [-0.4, -0.2) is 26.8 Å². The first-order chi connectivity index (χ1) is 14.7. The molecule has 9 heteroatoms. The van der Waals surface area contributed by atoms with Gasteiger partial charge in [-0.3, -0.25) is 9.59 Å². The molecule has 8 nitrogen and oxygen atoms in total. The van der Waals surface area contributed by atoms with Crippen molar-refractivity contribution in [3.05, 3.63) is 59.1 Å². The molecule has 31 heavy (non-hydrogen) atoms. The second-order valence-electron chi connectivity index (χ2n) is 7.99. The predicted molar refractivity (Wildman–Crippen MR) is 118 cm³/mol. The fraction of sp³-hybridized carbons (Fsp3) is 0.318. The summed E-state index contributed by atoms with van der Waals surface area (Å²) in [5, 5.41) is 15.4. The van der Waals surface area contributed by atoms with Gasteiger partial charge in [0.2, 0.25) is 0 Å². The highest BCUT2D eigenvalue weighted by molar-refractivity contribution is 7.10. The molecule has 1 aliphatic carbocycles. The number of ether oxygens (including phenoxy) is 1. The summed E-state index contributed by atoms with van der Waals surface area (Å²) in [6.07, 6.45) is 7.15. The zero-order valence-corrected chi connectivity index (χ0v) is 18.5. The molecule has 0 saturated heterocycles. The van der Waals surface area contributed by atoms with Gasteiger partial charge in [-0.1, -0.05) is 12.2 Å². The Morgan fingerprint density at radius 3 is 2.68 bits per heavy atom. The lowest BCUT2D eigenvalue weighted by Crippen LogP contribution is -2.29. The van der Waals surface area contributed by atoms with Gasteiger partial charge < -0.3 is 15.4 Å².